The highest BCUT2D eigenvalue weighted by Crippen LogP contribution is 2.45. The van der Waals surface area contributed by atoms with Crippen molar-refractivity contribution in [3.8, 4) is 0 Å². The lowest BCUT2D eigenvalue weighted by atomic mass is 10.0. The van der Waals surface area contributed by atoms with Gasteiger partial charge in [0.2, 0.25) is 0 Å². The molecule has 1 heteroatoms. The van der Waals surface area contributed by atoms with Gasteiger partial charge in [-0.05, 0) is 26.7 Å². The monoisotopic (exact) mass is 165 g/mol. The van der Waals surface area contributed by atoms with E-state index in [9.17, 15) is 0 Å². The maximum Gasteiger partial charge on any atom is 0.0339 e. The summed E-state index contributed by atoms with van der Waals surface area (Å²) in [7, 11) is 0. The molecule has 1 nitrogen and oxygen atoms in total. The summed E-state index contributed by atoms with van der Waals surface area (Å²) < 4.78 is 0. The normalized spacial score (nSPS) is 40.3. The van der Waals surface area contributed by atoms with Crippen molar-refractivity contribution in [2.45, 2.75) is 57.2 Å². The van der Waals surface area contributed by atoms with Crippen LogP contribution in [0.25, 0.3) is 0 Å². The van der Waals surface area contributed by atoms with E-state index in [0.29, 0.717) is 0 Å². The van der Waals surface area contributed by atoms with Crippen molar-refractivity contribution in [1.29, 1.82) is 0 Å². The van der Waals surface area contributed by atoms with Crippen LogP contribution in [0.2, 0.25) is 0 Å². The lowest BCUT2D eigenvalue weighted by Gasteiger charge is -2.23. The van der Waals surface area contributed by atoms with Crippen molar-refractivity contribution in [2.75, 3.05) is 0 Å². The summed E-state index contributed by atoms with van der Waals surface area (Å²) >= 11 is 0. The number of fused-ring (bicyclic) bond motifs is 1. The maximum atomic E-state index is 3.91. The van der Waals surface area contributed by atoms with Gasteiger partial charge in [0.1, 0.15) is 0 Å². The minimum absolute atomic E-state index is 0.236. The maximum absolute atomic E-state index is 3.91. The molecule has 2 fully saturated rings. The highest BCUT2D eigenvalue weighted by Gasteiger charge is 2.53. The van der Waals surface area contributed by atoms with E-state index in [0.717, 1.165) is 12.1 Å². The third-order valence-electron chi connectivity index (χ3n) is 3.48. The number of hydrogen-bond acceptors (Lipinski definition) is 1. The van der Waals surface area contributed by atoms with Gasteiger partial charge >= 0.3 is 0 Å². The lowest BCUT2D eigenvalue weighted by Crippen LogP contribution is -2.29. The van der Waals surface area contributed by atoms with E-state index in [1.807, 2.05) is 0 Å². The minimum Gasteiger partial charge on any atom is -0.286 e. The third-order valence-corrected chi connectivity index (χ3v) is 3.48. The summed E-state index contributed by atoms with van der Waals surface area (Å²) in [6, 6.07) is 1.79. The molecule has 0 bridgehead atoms. The van der Waals surface area contributed by atoms with Gasteiger partial charge in [0.05, 0.1) is 0 Å². The molecule has 12 heavy (non-hydrogen) atoms. The van der Waals surface area contributed by atoms with Gasteiger partial charge in [-0.25, -0.2) is 0 Å². The smallest absolute Gasteiger partial charge is 0.0339 e. The molecule has 68 valence electrons. The van der Waals surface area contributed by atoms with Crippen molar-refractivity contribution in [3.05, 3.63) is 12.7 Å². The van der Waals surface area contributed by atoms with Gasteiger partial charge in [-0.15, -0.1) is 6.58 Å². The predicted octanol–water partition coefficient (Wildman–Crippen LogP) is 2.58. The highest BCUT2D eigenvalue weighted by atomic mass is 15.4. The molecular formula is C11H19N. The standard InChI is InChI=1S/C11H19N/c1-4-11(2,3)12-9-7-5-6-8-10(9)12/h4,9-10H,1,5-8H2,2-3H3. The first kappa shape index (κ1) is 8.31. The zero-order valence-electron chi connectivity index (χ0n) is 8.21. The molecule has 0 aromatic heterocycles. The Morgan fingerprint density at radius 1 is 1.25 bits per heavy atom. The zero-order chi connectivity index (χ0) is 8.77. The van der Waals surface area contributed by atoms with Gasteiger partial charge in [0, 0.05) is 17.6 Å². The number of hydrogen-bond donors (Lipinski definition) is 0. The van der Waals surface area contributed by atoms with Gasteiger partial charge in [-0.1, -0.05) is 18.9 Å². The fourth-order valence-corrected chi connectivity index (χ4v) is 2.67. The van der Waals surface area contributed by atoms with Gasteiger partial charge < -0.3 is 0 Å². The second kappa shape index (κ2) is 2.59. The van der Waals surface area contributed by atoms with Gasteiger partial charge in [0.15, 0.2) is 0 Å². The number of likely N-dealkylation sites (tertiary alicyclic amines) is 1. The summed E-state index contributed by atoms with van der Waals surface area (Å²) in [5.41, 5.74) is 0.236. The summed E-state index contributed by atoms with van der Waals surface area (Å²) in [5.74, 6) is 0. The minimum atomic E-state index is 0.236. The zero-order valence-corrected chi connectivity index (χ0v) is 8.21. The Hall–Kier alpha value is -0.300. The van der Waals surface area contributed by atoms with E-state index in [-0.39, 0.29) is 5.54 Å². The lowest BCUT2D eigenvalue weighted by molar-refractivity contribution is 0.307. The summed E-state index contributed by atoms with van der Waals surface area (Å²) in [4.78, 5) is 2.63. The average molecular weight is 165 g/mol. The fraction of sp³-hybridized carbons (Fsp3) is 0.818. The molecule has 0 amide bonds. The molecule has 1 heterocycles. The van der Waals surface area contributed by atoms with Crippen LogP contribution in [-0.4, -0.2) is 22.5 Å². The van der Waals surface area contributed by atoms with Crippen LogP contribution in [0.15, 0.2) is 12.7 Å². The Kier molecular flexibility index (Phi) is 1.80. The molecule has 1 saturated carbocycles. The summed E-state index contributed by atoms with van der Waals surface area (Å²) in [5, 5.41) is 0. The van der Waals surface area contributed by atoms with E-state index in [1.54, 1.807) is 0 Å². The first-order chi connectivity index (χ1) is 5.67. The fourth-order valence-electron chi connectivity index (χ4n) is 2.67. The molecular weight excluding hydrogens is 146 g/mol. The Morgan fingerprint density at radius 2 is 1.75 bits per heavy atom. The largest absolute Gasteiger partial charge is 0.286 e. The molecule has 2 rings (SSSR count). The van der Waals surface area contributed by atoms with E-state index in [4.69, 9.17) is 0 Å². The van der Waals surface area contributed by atoms with E-state index < -0.39 is 0 Å². The predicted molar refractivity (Wildman–Crippen MR) is 52.2 cm³/mol. The highest BCUT2D eigenvalue weighted by molar-refractivity contribution is 5.15. The number of rotatable bonds is 2. The second-order valence-corrected chi connectivity index (χ2v) is 4.68. The summed E-state index contributed by atoms with van der Waals surface area (Å²) in [6.07, 6.45) is 7.80. The molecule has 0 N–H and O–H groups in total. The first-order valence-electron chi connectivity index (χ1n) is 5.09. The van der Waals surface area contributed by atoms with Crippen molar-refractivity contribution in [2.24, 2.45) is 0 Å². The molecule has 0 spiro atoms. The quantitative estimate of drug-likeness (QED) is 0.449. The summed E-state index contributed by atoms with van der Waals surface area (Å²) in [6.45, 7) is 8.46. The third kappa shape index (κ3) is 1.11. The molecule has 1 aliphatic carbocycles. The van der Waals surface area contributed by atoms with Gasteiger partial charge in [-0.2, -0.15) is 0 Å². The van der Waals surface area contributed by atoms with Crippen LogP contribution in [0.5, 0.6) is 0 Å². The molecule has 0 radical (unpaired) electrons. The molecule has 2 aliphatic rings. The molecule has 2 unspecified atom stereocenters. The first-order valence-corrected chi connectivity index (χ1v) is 5.09. The average Bonchev–Trinajstić information content (AvgIpc) is 2.78. The molecule has 0 aromatic carbocycles. The van der Waals surface area contributed by atoms with Crippen molar-refractivity contribution in [1.82, 2.24) is 4.90 Å². The number of nitrogens with zero attached hydrogens (tertiary/aromatic N) is 1. The van der Waals surface area contributed by atoms with Crippen LogP contribution in [0.1, 0.15) is 39.5 Å². The van der Waals surface area contributed by atoms with E-state index in [1.165, 1.54) is 25.7 Å². The molecule has 1 saturated heterocycles. The Labute approximate surface area is 75.4 Å². The Morgan fingerprint density at radius 3 is 2.17 bits per heavy atom. The van der Waals surface area contributed by atoms with Crippen molar-refractivity contribution in [3.63, 3.8) is 0 Å². The van der Waals surface area contributed by atoms with Crippen LogP contribution >= 0.6 is 0 Å². The Bertz CT molecular complexity index is 183. The van der Waals surface area contributed by atoms with E-state index in [2.05, 4.69) is 31.4 Å². The van der Waals surface area contributed by atoms with Crippen molar-refractivity contribution >= 4 is 0 Å². The van der Waals surface area contributed by atoms with Crippen LogP contribution in [-0.2, 0) is 0 Å². The van der Waals surface area contributed by atoms with Gasteiger partial charge in [-0.3, -0.25) is 4.90 Å². The topological polar surface area (TPSA) is 3.01 Å². The van der Waals surface area contributed by atoms with Crippen molar-refractivity contribution < 1.29 is 0 Å². The van der Waals surface area contributed by atoms with E-state index >= 15 is 0 Å². The van der Waals surface area contributed by atoms with Crippen LogP contribution < -0.4 is 0 Å². The van der Waals surface area contributed by atoms with Crippen LogP contribution in [0, 0.1) is 0 Å². The second-order valence-electron chi connectivity index (χ2n) is 4.68. The van der Waals surface area contributed by atoms with Crippen LogP contribution in [0.3, 0.4) is 0 Å². The molecule has 0 aromatic rings. The molecule has 1 aliphatic heterocycles. The van der Waals surface area contributed by atoms with Crippen LogP contribution in [0.4, 0.5) is 0 Å². The Balaban J connectivity index is 2.04. The SMILES string of the molecule is C=CC(C)(C)N1C2CCCCC21. The van der Waals surface area contributed by atoms with Gasteiger partial charge in [0.25, 0.3) is 0 Å². The molecule has 2 atom stereocenters.